The van der Waals surface area contributed by atoms with Gasteiger partial charge in [0.15, 0.2) is 5.52 Å². The van der Waals surface area contributed by atoms with Crippen LogP contribution in [0.2, 0.25) is 0 Å². The van der Waals surface area contributed by atoms with E-state index in [1.807, 2.05) is 43.3 Å². The molecule has 0 aliphatic carbocycles. The van der Waals surface area contributed by atoms with Crippen molar-refractivity contribution in [3.63, 3.8) is 0 Å². The number of hydrogen-bond acceptors (Lipinski definition) is 6. The first-order chi connectivity index (χ1) is 17.7. The fourth-order valence-electron chi connectivity index (χ4n) is 5.12. The number of aliphatic hydroxyl groups is 1. The van der Waals surface area contributed by atoms with E-state index in [-0.39, 0.29) is 35.2 Å². The van der Waals surface area contributed by atoms with Crippen LogP contribution in [0.15, 0.2) is 65.7 Å². The topological polar surface area (TPSA) is 113 Å². The number of amides is 1. The Morgan fingerprint density at radius 1 is 1.08 bits per heavy atom. The van der Waals surface area contributed by atoms with Crippen molar-refractivity contribution in [1.82, 2.24) is 24.2 Å². The van der Waals surface area contributed by atoms with E-state index in [2.05, 4.69) is 10.1 Å². The molecule has 1 saturated heterocycles. The fraction of sp³-hybridized carbons (Fsp3) is 0.357. The number of aromatic hydroxyl groups is 1. The molecule has 9 heteroatoms. The molecular weight excluding hydrogens is 470 g/mol. The molecule has 0 bridgehead atoms. The minimum Gasteiger partial charge on any atom is -0.508 e. The molecule has 0 radical (unpaired) electrons. The van der Waals surface area contributed by atoms with Crippen LogP contribution in [0.4, 0.5) is 0 Å². The second kappa shape index (κ2) is 9.82. The Hall–Kier alpha value is -3.98. The Labute approximate surface area is 214 Å². The third kappa shape index (κ3) is 4.99. The molecule has 2 aromatic heterocycles. The van der Waals surface area contributed by atoms with E-state index in [1.54, 1.807) is 34.8 Å². The van der Waals surface area contributed by atoms with Crippen LogP contribution in [0.1, 0.15) is 37.7 Å². The molecule has 5 rings (SSSR count). The van der Waals surface area contributed by atoms with E-state index < -0.39 is 5.60 Å². The Morgan fingerprint density at radius 2 is 1.81 bits per heavy atom. The number of benzene rings is 2. The number of aryl methyl sites for hydroxylation is 1. The van der Waals surface area contributed by atoms with Crippen LogP contribution >= 0.6 is 0 Å². The van der Waals surface area contributed by atoms with E-state index in [0.717, 1.165) is 5.56 Å². The highest BCUT2D eigenvalue weighted by Gasteiger charge is 2.35. The Balaban J connectivity index is 1.28. The third-order valence-corrected chi connectivity index (χ3v) is 7.29. The molecule has 1 atom stereocenters. The molecule has 1 aliphatic heterocycles. The molecule has 4 aromatic rings. The van der Waals surface area contributed by atoms with Gasteiger partial charge in [0.25, 0.3) is 5.56 Å². The van der Waals surface area contributed by atoms with Crippen molar-refractivity contribution in [2.75, 3.05) is 13.1 Å². The van der Waals surface area contributed by atoms with Crippen LogP contribution in [0, 0.1) is 0 Å². The zero-order valence-corrected chi connectivity index (χ0v) is 21.0. The number of phenols is 1. The van der Waals surface area contributed by atoms with Gasteiger partial charge < -0.3 is 15.1 Å². The van der Waals surface area contributed by atoms with Gasteiger partial charge in [-0.05, 0) is 36.5 Å². The lowest BCUT2D eigenvalue weighted by Gasteiger charge is -2.38. The molecule has 3 heterocycles. The van der Waals surface area contributed by atoms with Gasteiger partial charge in [0.1, 0.15) is 11.3 Å². The summed E-state index contributed by atoms with van der Waals surface area (Å²) in [5.74, 6) is 0.308. The molecule has 2 N–H and O–H groups in total. The van der Waals surface area contributed by atoms with Gasteiger partial charge in [-0.15, -0.1) is 0 Å². The summed E-state index contributed by atoms with van der Waals surface area (Å²) in [6.07, 6.45) is 2.61. The molecule has 0 spiro atoms. The van der Waals surface area contributed by atoms with Gasteiger partial charge in [0.05, 0.1) is 24.2 Å². The summed E-state index contributed by atoms with van der Waals surface area (Å²) in [6, 6.07) is 16.7. The van der Waals surface area contributed by atoms with Crippen molar-refractivity contribution in [2.45, 2.75) is 44.2 Å². The summed E-state index contributed by atoms with van der Waals surface area (Å²) in [5, 5.41) is 25.5. The highest BCUT2D eigenvalue weighted by molar-refractivity contribution is 5.89. The predicted octanol–water partition coefficient (Wildman–Crippen LogP) is 3.05. The minimum absolute atomic E-state index is 0.0756. The molecule has 1 fully saturated rings. The van der Waals surface area contributed by atoms with E-state index >= 15 is 0 Å². The first-order valence-electron chi connectivity index (χ1n) is 12.5. The van der Waals surface area contributed by atoms with E-state index in [9.17, 15) is 19.8 Å². The number of carbonyl (C=O) groups excluding carboxylic acids is 1. The van der Waals surface area contributed by atoms with Crippen molar-refractivity contribution >= 4 is 16.9 Å². The van der Waals surface area contributed by atoms with Gasteiger partial charge >= 0.3 is 0 Å². The Bertz CT molecular complexity index is 1490. The van der Waals surface area contributed by atoms with Crippen molar-refractivity contribution in [1.29, 1.82) is 0 Å². The van der Waals surface area contributed by atoms with E-state index in [1.165, 1.54) is 10.9 Å². The minimum atomic E-state index is -1.12. The number of hydrogen-bond donors (Lipinski definition) is 2. The summed E-state index contributed by atoms with van der Waals surface area (Å²) < 4.78 is 2.98. The smallest absolute Gasteiger partial charge is 0.281 e. The number of fused-ring (bicyclic) bond motifs is 1. The first kappa shape index (κ1) is 24.7. The summed E-state index contributed by atoms with van der Waals surface area (Å²) in [6.45, 7) is 3.00. The van der Waals surface area contributed by atoms with Gasteiger partial charge in [-0.2, -0.15) is 5.10 Å². The molecule has 37 heavy (non-hydrogen) atoms. The molecule has 1 aliphatic rings. The molecule has 0 saturated carbocycles. The number of carbonyl (C=O) groups is 1. The fourth-order valence-corrected chi connectivity index (χ4v) is 5.12. The standard InChI is InChI=1S/C28H31N5O4/c1-19(20-7-4-3-5-8-20)15-23(35)32-13-11-28(37,12-14-32)17-33-18-29-24-25(27(33)36)30-31(2)26(24)21-9-6-10-22(34)16-21/h3-10,16,18-19,34,37H,11-15,17H2,1-2H3/t19-/m1/s1. The maximum atomic E-state index is 13.3. The Morgan fingerprint density at radius 3 is 2.51 bits per heavy atom. The highest BCUT2D eigenvalue weighted by Crippen LogP contribution is 2.29. The maximum absolute atomic E-state index is 13.3. The first-order valence-corrected chi connectivity index (χ1v) is 12.5. The van der Waals surface area contributed by atoms with Gasteiger partial charge in [0, 0.05) is 32.1 Å². The molecule has 9 nitrogen and oxygen atoms in total. The van der Waals surface area contributed by atoms with Crippen molar-refractivity contribution < 1.29 is 15.0 Å². The lowest BCUT2D eigenvalue weighted by Crippen LogP contribution is -2.49. The Kier molecular flexibility index (Phi) is 6.55. The van der Waals surface area contributed by atoms with Crippen LogP contribution in [0.25, 0.3) is 22.3 Å². The predicted molar refractivity (Wildman–Crippen MR) is 140 cm³/mol. The van der Waals surface area contributed by atoms with E-state index in [4.69, 9.17) is 0 Å². The van der Waals surface area contributed by atoms with E-state index in [0.29, 0.717) is 49.1 Å². The normalized spacial score (nSPS) is 16.1. The van der Waals surface area contributed by atoms with Crippen molar-refractivity contribution in [3.05, 3.63) is 76.8 Å². The molecule has 1 amide bonds. The second-order valence-corrected chi connectivity index (χ2v) is 10.0. The van der Waals surface area contributed by atoms with Crippen LogP contribution in [-0.2, 0) is 18.4 Å². The number of phenolic OH excluding ortho intramolecular Hbond substituents is 1. The number of aromatic nitrogens is 4. The largest absolute Gasteiger partial charge is 0.508 e. The number of likely N-dealkylation sites (tertiary alicyclic amines) is 1. The monoisotopic (exact) mass is 501 g/mol. The zero-order chi connectivity index (χ0) is 26.2. The molecule has 2 aromatic carbocycles. The summed E-state index contributed by atoms with van der Waals surface area (Å²) >= 11 is 0. The van der Waals surface area contributed by atoms with Crippen molar-refractivity contribution in [3.8, 4) is 17.0 Å². The van der Waals surface area contributed by atoms with Crippen LogP contribution in [0.5, 0.6) is 5.75 Å². The number of piperidine rings is 1. The number of nitrogens with zero attached hydrogens (tertiary/aromatic N) is 5. The summed E-state index contributed by atoms with van der Waals surface area (Å²) in [4.78, 5) is 32.4. The quantitative estimate of drug-likeness (QED) is 0.420. The molecule has 192 valence electrons. The number of rotatable bonds is 6. The molecular formula is C28H31N5O4. The molecule has 0 unspecified atom stereocenters. The average Bonchev–Trinajstić information content (AvgIpc) is 3.23. The van der Waals surface area contributed by atoms with Gasteiger partial charge in [-0.3, -0.25) is 18.8 Å². The SMILES string of the molecule is C[C@H](CC(=O)N1CCC(O)(Cn2cnc3c(-c4cccc(O)c4)n(C)nc3c2=O)CC1)c1ccccc1. The van der Waals surface area contributed by atoms with Crippen LogP contribution < -0.4 is 5.56 Å². The highest BCUT2D eigenvalue weighted by atomic mass is 16.3. The lowest BCUT2D eigenvalue weighted by molar-refractivity contribution is -0.136. The summed E-state index contributed by atoms with van der Waals surface area (Å²) in [5.41, 5.74) is 1.65. The summed E-state index contributed by atoms with van der Waals surface area (Å²) in [7, 11) is 1.73. The van der Waals surface area contributed by atoms with Gasteiger partial charge in [0.2, 0.25) is 5.91 Å². The zero-order valence-electron chi connectivity index (χ0n) is 21.0. The van der Waals surface area contributed by atoms with Gasteiger partial charge in [-0.25, -0.2) is 4.98 Å². The van der Waals surface area contributed by atoms with Gasteiger partial charge in [-0.1, -0.05) is 49.4 Å². The van der Waals surface area contributed by atoms with Crippen LogP contribution in [0.3, 0.4) is 0 Å². The lowest BCUT2D eigenvalue weighted by atomic mass is 9.90. The van der Waals surface area contributed by atoms with Crippen LogP contribution in [-0.4, -0.2) is 59.0 Å². The second-order valence-electron chi connectivity index (χ2n) is 10.0. The average molecular weight is 502 g/mol. The third-order valence-electron chi connectivity index (χ3n) is 7.29. The maximum Gasteiger partial charge on any atom is 0.281 e. The van der Waals surface area contributed by atoms with Crippen molar-refractivity contribution in [2.24, 2.45) is 7.05 Å².